The van der Waals surface area contributed by atoms with Gasteiger partial charge in [0.15, 0.2) is 0 Å². The second kappa shape index (κ2) is 3.15. The molecular weight excluding hydrogens is 139 g/mol. The third-order valence-corrected chi connectivity index (χ3v) is 2.89. The summed E-state index contributed by atoms with van der Waals surface area (Å²) in [4.78, 5) is 0. The lowest BCUT2D eigenvalue weighted by Gasteiger charge is -2.29. The molecule has 1 rings (SSSR count). The molecule has 0 unspecified atom stereocenters. The highest BCUT2D eigenvalue weighted by molar-refractivity contribution is 6.11. The van der Waals surface area contributed by atoms with E-state index in [4.69, 9.17) is 4.74 Å². The molecule has 0 bridgehead atoms. The molecule has 0 saturated carbocycles. The van der Waals surface area contributed by atoms with Crippen LogP contribution in [0.15, 0.2) is 0 Å². The van der Waals surface area contributed by atoms with Crippen molar-refractivity contribution in [2.45, 2.75) is 38.3 Å². The summed E-state index contributed by atoms with van der Waals surface area (Å²) in [5.41, 5.74) is -0.237. The highest BCUT2D eigenvalue weighted by atomic mass is 16.5. The predicted octanol–water partition coefficient (Wildman–Crippen LogP) is 0.143. The van der Waals surface area contributed by atoms with Crippen molar-refractivity contribution in [3.8, 4) is 0 Å². The fourth-order valence-electron chi connectivity index (χ4n) is 2.01. The Hall–Kier alpha value is -0.0151. The van der Waals surface area contributed by atoms with E-state index in [2.05, 4.69) is 21.7 Å². The van der Waals surface area contributed by atoms with E-state index in [9.17, 15) is 5.11 Å². The van der Waals surface area contributed by atoms with Gasteiger partial charge in [0.2, 0.25) is 0 Å². The van der Waals surface area contributed by atoms with Crippen LogP contribution in [0.4, 0.5) is 0 Å². The van der Waals surface area contributed by atoms with Gasteiger partial charge < -0.3 is 9.84 Å². The van der Waals surface area contributed by atoms with E-state index < -0.39 is 0 Å². The SMILES string of the molecule is B[C@H]1C[C@@H](C)[C@](CC)(CO)O1. The van der Waals surface area contributed by atoms with Crippen LogP contribution in [0.2, 0.25) is 0 Å². The normalized spacial score (nSPS) is 44.6. The Morgan fingerprint density at radius 2 is 2.36 bits per heavy atom. The standard InChI is InChI=1S/C8H17BO2/c1-3-8(5-10)6(2)4-7(9)11-8/h6-7,10H,3-5,9H2,1-2H3/t6-,7-,8+/m1/s1. The molecule has 3 heteroatoms. The number of hydrogen-bond donors (Lipinski definition) is 1. The van der Waals surface area contributed by atoms with Crippen LogP contribution in [-0.4, -0.2) is 31.2 Å². The van der Waals surface area contributed by atoms with Crippen LogP contribution in [0.1, 0.15) is 26.7 Å². The van der Waals surface area contributed by atoms with E-state index in [0.29, 0.717) is 11.9 Å². The van der Waals surface area contributed by atoms with Gasteiger partial charge in [-0.05, 0) is 18.8 Å². The van der Waals surface area contributed by atoms with Crippen molar-refractivity contribution in [1.29, 1.82) is 0 Å². The summed E-state index contributed by atoms with van der Waals surface area (Å²) in [5, 5.41) is 9.18. The minimum absolute atomic E-state index is 0.162. The van der Waals surface area contributed by atoms with E-state index in [0.717, 1.165) is 12.8 Å². The third kappa shape index (κ3) is 1.45. The Morgan fingerprint density at radius 1 is 1.73 bits per heavy atom. The monoisotopic (exact) mass is 156 g/mol. The molecule has 0 aromatic heterocycles. The molecule has 1 fully saturated rings. The largest absolute Gasteiger partial charge is 0.393 e. The van der Waals surface area contributed by atoms with Crippen molar-refractivity contribution < 1.29 is 9.84 Å². The lowest BCUT2D eigenvalue weighted by molar-refractivity contribution is -0.0709. The first-order valence-electron chi connectivity index (χ1n) is 4.43. The van der Waals surface area contributed by atoms with Gasteiger partial charge in [0.05, 0.1) is 12.2 Å². The quantitative estimate of drug-likeness (QED) is 0.576. The lowest BCUT2D eigenvalue weighted by Crippen LogP contribution is -2.38. The van der Waals surface area contributed by atoms with E-state index in [1.807, 2.05) is 0 Å². The van der Waals surface area contributed by atoms with Crippen LogP contribution in [0.25, 0.3) is 0 Å². The van der Waals surface area contributed by atoms with Crippen molar-refractivity contribution in [1.82, 2.24) is 0 Å². The molecule has 0 aromatic carbocycles. The summed E-state index contributed by atoms with van der Waals surface area (Å²) < 4.78 is 5.71. The summed E-state index contributed by atoms with van der Waals surface area (Å²) in [7, 11) is 2.07. The van der Waals surface area contributed by atoms with Gasteiger partial charge in [-0.2, -0.15) is 0 Å². The van der Waals surface area contributed by atoms with Crippen molar-refractivity contribution >= 4 is 7.85 Å². The van der Waals surface area contributed by atoms with Gasteiger partial charge in [-0.3, -0.25) is 0 Å². The highest BCUT2D eigenvalue weighted by Crippen LogP contribution is 2.36. The minimum atomic E-state index is -0.237. The maximum Gasteiger partial charge on any atom is 0.139 e. The lowest BCUT2D eigenvalue weighted by atomic mass is 9.84. The maximum atomic E-state index is 9.18. The molecular formula is C8H17BO2. The molecule has 0 radical (unpaired) electrons. The zero-order valence-electron chi connectivity index (χ0n) is 7.63. The number of aliphatic hydroxyl groups excluding tert-OH is 1. The molecule has 64 valence electrons. The van der Waals surface area contributed by atoms with Crippen LogP contribution >= 0.6 is 0 Å². The van der Waals surface area contributed by atoms with Crippen molar-refractivity contribution in [3.05, 3.63) is 0 Å². The maximum absolute atomic E-state index is 9.18. The molecule has 0 aromatic rings. The van der Waals surface area contributed by atoms with Crippen LogP contribution in [0, 0.1) is 5.92 Å². The Morgan fingerprint density at radius 3 is 2.55 bits per heavy atom. The number of ether oxygens (including phenoxy) is 1. The first-order chi connectivity index (χ1) is 5.14. The Balaban J connectivity index is 2.67. The average molecular weight is 156 g/mol. The number of aliphatic hydroxyl groups is 1. The predicted molar refractivity (Wildman–Crippen MR) is 47.3 cm³/mol. The molecule has 1 saturated heterocycles. The average Bonchev–Trinajstić information content (AvgIpc) is 2.27. The van der Waals surface area contributed by atoms with Gasteiger partial charge in [-0.25, -0.2) is 0 Å². The van der Waals surface area contributed by atoms with Crippen molar-refractivity contribution in [2.75, 3.05) is 6.61 Å². The van der Waals surface area contributed by atoms with Gasteiger partial charge in [-0.1, -0.05) is 13.8 Å². The Kier molecular flexibility index (Phi) is 2.60. The summed E-state index contributed by atoms with van der Waals surface area (Å²) in [6.45, 7) is 4.39. The zero-order valence-corrected chi connectivity index (χ0v) is 7.63. The molecule has 3 atom stereocenters. The van der Waals surface area contributed by atoms with E-state index in [-0.39, 0.29) is 12.2 Å². The van der Waals surface area contributed by atoms with Crippen LogP contribution < -0.4 is 0 Å². The second-order valence-electron chi connectivity index (χ2n) is 3.64. The molecule has 0 aliphatic carbocycles. The number of rotatable bonds is 2. The molecule has 1 N–H and O–H groups in total. The van der Waals surface area contributed by atoms with Gasteiger partial charge in [-0.15, -0.1) is 0 Å². The smallest absolute Gasteiger partial charge is 0.139 e. The first kappa shape index (κ1) is 9.08. The molecule has 1 aliphatic rings. The van der Waals surface area contributed by atoms with Crippen LogP contribution in [0.3, 0.4) is 0 Å². The van der Waals surface area contributed by atoms with Crippen LogP contribution in [-0.2, 0) is 4.74 Å². The Bertz CT molecular complexity index is 134. The van der Waals surface area contributed by atoms with Gasteiger partial charge in [0, 0.05) is 6.00 Å². The first-order valence-corrected chi connectivity index (χ1v) is 4.43. The second-order valence-corrected chi connectivity index (χ2v) is 3.64. The summed E-state index contributed by atoms with van der Waals surface area (Å²) >= 11 is 0. The number of hydrogen-bond acceptors (Lipinski definition) is 2. The minimum Gasteiger partial charge on any atom is -0.393 e. The van der Waals surface area contributed by atoms with Gasteiger partial charge in [0.1, 0.15) is 7.85 Å². The van der Waals surface area contributed by atoms with Gasteiger partial charge in [0.25, 0.3) is 0 Å². The zero-order chi connectivity index (χ0) is 8.48. The third-order valence-electron chi connectivity index (χ3n) is 2.89. The topological polar surface area (TPSA) is 29.5 Å². The molecule has 2 nitrogen and oxygen atoms in total. The summed E-state index contributed by atoms with van der Waals surface area (Å²) in [5.74, 6) is 0.493. The van der Waals surface area contributed by atoms with E-state index in [1.165, 1.54) is 0 Å². The molecule has 0 spiro atoms. The van der Waals surface area contributed by atoms with Crippen molar-refractivity contribution in [3.63, 3.8) is 0 Å². The molecule has 0 amide bonds. The fraction of sp³-hybridized carbons (Fsp3) is 1.00. The van der Waals surface area contributed by atoms with E-state index in [1.54, 1.807) is 0 Å². The fourth-order valence-corrected chi connectivity index (χ4v) is 2.01. The van der Waals surface area contributed by atoms with Gasteiger partial charge >= 0.3 is 0 Å². The van der Waals surface area contributed by atoms with Crippen LogP contribution in [0.5, 0.6) is 0 Å². The molecule has 11 heavy (non-hydrogen) atoms. The summed E-state index contributed by atoms with van der Waals surface area (Å²) in [6.07, 6.45) is 1.99. The Labute approximate surface area is 69.3 Å². The molecule has 1 heterocycles. The highest BCUT2D eigenvalue weighted by Gasteiger charge is 2.42. The van der Waals surface area contributed by atoms with E-state index >= 15 is 0 Å². The summed E-state index contributed by atoms with van der Waals surface area (Å²) in [6, 6.07) is 0.317. The van der Waals surface area contributed by atoms with Crippen molar-refractivity contribution in [2.24, 2.45) is 5.92 Å². The molecule has 1 aliphatic heterocycles.